The largest absolute Gasteiger partial charge is 0.496 e. The molecule has 0 bridgehead atoms. The molecule has 0 unspecified atom stereocenters. The van der Waals surface area contributed by atoms with Crippen molar-refractivity contribution in [3.05, 3.63) is 53.1 Å². The molecule has 0 fully saturated rings. The summed E-state index contributed by atoms with van der Waals surface area (Å²) in [6.45, 7) is 2.92. The fraction of sp³-hybridized carbons (Fsp3) is 0.250. The van der Waals surface area contributed by atoms with Crippen molar-refractivity contribution >= 4 is 11.4 Å². The third-order valence-corrected chi connectivity index (χ3v) is 3.32. The molecule has 0 aliphatic rings. The van der Waals surface area contributed by atoms with Gasteiger partial charge in [-0.25, -0.2) is 0 Å². The molecule has 5 nitrogen and oxygen atoms in total. The predicted octanol–water partition coefficient (Wildman–Crippen LogP) is 3.34. The Morgan fingerprint density at radius 1 is 0.905 bits per heavy atom. The Bertz CT molecular complexity index is 653. The number of rotatable bonds is 5. The van der Waals surface area contributed by atoms with Crippen LogP contribution in [-0.4, -0.2) is 7.11 Å². The molecule has 0 saturated carbocycles. The van der Waals surface area contributed by atoms with Gasteiger partial charge in [0.1, 0.15) is 5.75 Å². The topological polar surface area (TPSA) is 86.0 Å². The van der Waals surface area contributed by atoms with Gasteiger partial charge < -0.3 is 16.2 Å². The number of nitrogens with zero attached hydrogens (tertiary/aromatic N) is 2. The maximum atomic E-state index is 5.70. The molecular formula is C16H20N4O. The molecule has 0 saturated heterocycles. The van der Waals surface area contributed by atoms with Crippen LogP contribution in [0.4, 0.5) is 11.4 Å². The van der Waals surface area contributed by atoms with Crippen LogP contribution in [0, 0.1) is 6.92 Å². The second kappa shape index (κ2) is 6.97. The number of hydrogen-bond donors (Lipinski definition) is 2. The lowest BCUT2D eigenvalue weighted by Gasteiger charge is -2.06. The molecular weight excluding hydrogens is 264 g/mol. The van der Waals surface area contributed by atoms with Crippen molar-refractivity contribution in [1.29, 1.82) is 0 Å². The third-order valence-electron chi connectivity index (χ3n) is 3.32. The molecule has 21 heavy (non-hydrogen) atoms. The third kappa shape index (κ3) is 3.65. The highest BCUT2D eigenvalue weighted by Crippen LogP contribution is 2.26. The van der Waals surface area contributed by atoms with E-state index in [0.29, 0.717) is 13.1 Å². The summed E-state index contributed by atoms with van der Waals surface area (Å²) in [6, 6.07) is 11.4. The molecule has 4 N–H and O–H groups in total. The predicted molar refractivity (Wildman–Crippen MR) is 84.1 cm³/mol. The van der Waals surface area contributed by atoms with Crippen LogP contribution in [0.3, 0.4) is 0 Å². The van der Waals surface area contributed by atoms with Crippen molar-refractivity contribution in [2.75, 3.05) is 7.11 Å². The summed E-state index contributed by atoms with van der Waals surface area (Å²) < 4.78 is 5.23. The second-order valence-corrected chi connectivity index (χ2v) is 4.72. The summed E-state index contributed by atoms with van der Waals surface area (Å²) >= 11 is 0. The van der Waals surface area contributed by atoms with Gasteiger partial charge in [0.05, 0.1) is 18.5 Å². The van der Waals surface area contributed by atoms with Gasteiger partial charge in [-0.1, -0.05) is 6.07 Å². The number of nitrogens with two attached hydrogens (primary N) is 2. The molecule has 110 valence electrons. The van der Waals surface area contributed by atoms with Crippen molar-refractivity contribution in [3.8, 4) is 5.75 Å². The van der Waals surface area contributed by atoms with Gasteiger partial charge in [-0.2, -0.15) is 10.2 Å². The fourth-order valence-electron chi connectivity index (χ4n) is 2.04. The number of hydrogen-bond acceptors (Lipinski definition) is 5. The Morgan fingerprint density at radius 3 is 2.05 bits per heavy atom. The van der Waals surface area contributed by atoms with Gasteiger partial charge in [-0.15, -0.1) is 0 Å². The number of ether oxygens (including phenoxy) is 1. The zero-order chi connectivity index (χ0) is 15.2. The van der Waals surface area contributed by atoms with Crippen LogP contribution < -0.4 is 16.2 Å². The molecule has 2 rings (SSSR count). The van der Waals surface area contributed by atoms with Crippen molar-refractivity contribution < 1.29 is 4.74 Å². The first-order valence-corrected chi connectivity index (χ1v) is 6.76. The smallest absolute Gasteiger partial charge is 0.123 e. The first-order valence-electron chi connectivity index (χ1n) is 6.76. The Morgan fingerprint density at radius 2 is 1.48 bits per heavy atom. The van der Waals surface area contributed by atoms with Crippen molar-refractivity contribution in [2.45, 2.75) is 20.0 Å². The molecule has 2 aromatic carbocycles. The Balaban J connectivity index is 2.25. The minimum Gasteiger partial charge on any atom is -0.496 e. The van der Waals surface area contributed by atoms with E-state index < -0.39 is 0 Å². The van der Waals surface area contributed by atoms with E-state index in [-0.39, 0.29) is 0 Å². The number of azo groups is 1. The van der Waals surface area contributed by atoms with E-state index in [2.05, 4.69) is 10.2 Å². The average molecular weight is 284 g/mol. The summed E-state index contributed by atoms with van der Waals surface area (Å²) in [5.74, 6) is 0.761. The normalized spacial score (nSPS) is 11.0. The minimum absolute atomic E-state index is 0.397. The molecule has 2 aromatic rings. The maximum absolute atomic E-state index is 5.70. The molecule has 0 amide bonds. The van der Waals surface area contributed by atoms with E-state index in [9.17, 15) is 0 Å². The average Bonchev–Trinajstić information content (AvgIpc) is 2.53. The highest BCUT2D eigenvalue weighted by molar-refractivity contribution is 5.48. The first-order chi connectivity index (χ1) is 10.2. The number of methoxy groups -OCH3 is 1. The van der Waals surface area contributed by atoms with E-state index in [1.54, 1.807) is 7.11 Å². The van der Waals surface area contributed by atoms with E-state index in [4.69, 9.17) is 16.2 Å². The SMILES string of the molecule is COc1ccc(N=Nc2ccc(C)c(CN)c2)cc1CN. The van der Waals surface area contributed by atoms with Crippen LogP contribution in [-0.2, 0) is 13.1 Å². The van der Waals surface area contributed by atoms with Gasteiger partial charge in [-0.05, 0) is 48.4 Å². The summed E-state index contributed by atoms with van der Waals surface area (Å²) in [6.07, 6.45) is 0. The minimum atomic E-state index is 0.397. The molecule has 0 aliphatic heterocycles. The van der Waals surface area contributed by atoms with Crippen LogP contribution in [0.5, 0.6) is 5.75 Å². The van der Waals surface area contributed by atoms with Crippen LogP contribution in [0.1, 0.15) is 16.7 Å². The lowest BCUT2D eigenvalue weighted by Crippen LogP contribution is -1.99. The van der Waals surface area contributed by atoms with Gasteiger partial charge in [0.15, 0.2) is 0 Å². The Kier molecular flexibility index (Phi) is 5.03. The van der Waals surface area contributed by atoms with E-state index in [0.717, 1.165) is 33.8 Å². The highest BCUT2D eigenvalue weighted by Gasteiger charge is 2.02. The van der Waals surface area contributed by atoms with Crippen molar-refractivity contribution in [3.63, 3.8) is 0 Å². The van der Waals surface area contributed by atoms with Gasteiger partial charge in [0.25, 0.3) is 0 Å². The molecule has 0 aliphatic carbocycles. The molecule has 0 radical (unpaired) electrons. The summed E-state index contributed by atoms with van der Waals surface area (Å²) in [7, 11) is 1.62. The molecule has 0 atom stereocenters. The number of benzene rings is 2. The van der Waals surface area contributed by atoms with Gasteiger partial charge in [-0.3, -0.25) is 0 Å². The first kappa shape index (κ1) is 15.2. The highest BCUT2D eigenvalue weighted by atomic mass is 16.5. The molecule has 5 heteroatoms. The second-order valence-electron chi connectivity index (χ2n) is 4.72. The maximum Gasteiger partial charge on any atom is 0.123 e. The monoisotopic (exact) mass is 284 g/mol. The zero-order valence-electron chi connectivity index (χ0n) is 12.3. The van der Waals surface area contributed by atoms with E-state index in [1.807, 2.05) is 43.3 Å². The number of aryl methyl sites for hydroxylation is 1. The molecule has 0 spiro atoms. The molecule has 0 aromatic heterocycles. The Labute approximate surface area is 124 Å². The standard InChI is InChI=1S/C16H20N4O/c1-11-3-4-14(7-12(11)9-17)19-20-15-5-6-16(21-2)13(8-15)10-18/h3-8H,9-10,17-18H2,1-2H3. The van der Waals surface area contributed by atoms with Gasteiger partial charge >= 0.3 is 0 Å². The summed E-state index contributed by atoms with van der Waals surface area (Å²) in [5, 5.41) is 8.48. The van der Waals surface area contributed by atoms with Crippen LogP contribution in [0.15, 0.2) is 46.6 Å². The van der Waals surface area contributed by atoms with Crippen molar-refractivity contribution in [1.82, 2.24) is 0 Å². The Hall–Kier alpha value is -2.24. The van der Waals surface area contributed by atoms with Crippen molar-refractivity contribution in [2.24, 2.45) is 21.7 Å². The van der Waals surface area contributed by atoms with Crippen LogP contribution >= 0.6 is 0 Å². The quantitative estimate of drug-likeness (QED) is 0.826. The lowest BCUT2D eigenvalue weighted by atomic mass is 10.1. The summed E-state index contributed by atoms with van der Waals surface area (Å²) in [5.41, 5.74) is 16.0. The van der Waals surface area contributed by atoms with Gasteiger partial charge in [0, 0.05) is 18.7 Å². The lowest BCUT2D eigenvalue weighted by molar-refractivity contribution is 0.410. The van der Waals surface area contributed by atoms with Gasteiger partial charge in [0.2, 0.25) is 0 Å². The van der Waals surface area contributed by atoms with Crippen LogP contribution in [0.25, 0.3) is 0 Å². The van der Waals surface area contributed by atoms with E-state index in [1.165, 1.54) is 0 Å². The fourth-order valence-corrected chi connectivity index (χ4v) is 2.04. The van der Waals surface area contributed by atoms with Crippen LogP contribution in [0.2, 0.25) is 0 Å². The zero-order valence-corrected chi connectivity index (χ0v) is 12.3. The van der Waals surface area contributed by atoms with E-state index >= 15 is 0 Å². The molecule has 0 heterocycles. The summed E-state index contributed by atoms with van der Waals surface area (Å²) in [4.78, 5) is 0.